The fraction of sp³-hybridized carbons (Fsp3) is 0.385. The molecular formula is C13H14BrN. The van der Waals surface area contributed by atoms with Gasteiger partial charge in [-0.05, 0) is 42.5 Å². The van der Waals surface area contributed by atoms with Crippen molar-refractivity contribution in [2.75, 3.05) is 0 Å². The van der Waals surface area contributed by atoms with Crippen LogP contribution in [0.1, 0.15) is 37.2 Å². The van der Waals surface area contributed by atoms with Crippen LogP contribution in [0, 0.1) is 0 Å². The van der Waals surface area contributed by atoms with Crippen LogP contribution in [0.3, 0.4) is 0 Å². The summed E-state index contributed by atoms with van der Waals surface area (Å²) in [5.41, 5.74) is 2.78. The number of H-pyrrole nitrogens is 1. The van der Waals surface area contributed by atoms with Crippen LogP contribution in [0.4, 0.5) is 0 Å². The van der Waals surface area contributed by atoms with Gasteiger partial charge in [-0.15, -0.1) is 0 Å². The van der Waals surface area contributed by atoms with Crippen molar-refractivity contribution in [1.82, 2.24) is 4.98 Å². The summed E-state index contributed by atoms with van der Waals surface area (Å²) < 4.78 is 1.17. The van der Waals surface area contributed by atoms with E-state index in [0.717, 1.165) is 5.92 Å². The third kappa shape index (κ3) is 1.61. The first-order chi connectivity index (χ1) is 7.34. The molecule has 1 aliphatic carbocycles. The lowest BCUT2D eigenvalue weighted by Gasteiger charge is -2.07. The van der Waals surface area contributed by atoms with E-state index < -0.39 is 0 Å². The van der Waals surface area contributed by atoms with Gasteiger partial charge in [0.05, 0.1) is 0 Å². The third-order valence-electron chi connectivity index (χ3n) is 3.47. The summed E-state index contributed by atoms with van der Waals surface area (Å²) in [6.07, 6.45) is 7.71. The van der Waals surface area contributed by atoms with Crippen LogP contribution in [0.5, 0.6) is 0 Å². The van der Waals surface area contributed by atoms with E-state index in [1.54, 1.807) is 0 Å². The normalized spacial score (nSPS) is 17.7. The second-order valence-electron chi connectivity index (χ2n) is 4.42. The molecule has 1 aromatic heterocycles. The lowest BCUT2D eigenvalue weighted by atomic mass is 9.97. The molecule has 0 saturated heterocycles. The van der Waals surface area contributed by atoms with Crippen LogP contribution in [0.15, 0.2) is 28.9 Å². The number of benzene rings is 1. The fourth-order valence-electron chi connectivity index (χ4n) is 2.69. The van der Waals surface area contributed by atoms with Gasteiger partial charge in [-0.25, -0.2) is 0 Å². The van der Waals surface area contributed by atoms with E-state index in [-0.39, 0.29) is 0 Å². The summed E-state index contributed by atoms with van der Waals surface area (Å²) in [5, 5.41) is 1.40. The zero-order chi connectivity index (χ0) is 10.3. The van der Waals surface area contributed by atoms with Crippen molar-refractivity contribution >= 4 is 26.8 Å². The van der Waals surface area contributed by atoms with E-state index >= 15 is 0 Å². The van der Waals surface area contributed by atoms with Gasteiger partial charge in [0.25, 0.3) is 0 Å². The summed E-state index contributed by atoms with van der Waals surface area (Å²) in [5.74, 6) is 0.785. The molecule has 1 fully saturated rings. The SMILES string of the molecule is Brc1ccc2[nH]cc(C3CCCC3)c2c1. The highest BCUT2D eigenvalue weighted by Gasteiger charge is 2.19. The minimum Gasteiger partial charge on any atom is -0.361 e. The first-order valence-corrected chi connectivity index (χ1v) is 6.40. The summed E-state index contributed by atoms with van der Waals surface area (Å²) >= 11 is 3.55. The molecule has 1 aromatic carbocycles. The predicted octanol–water partition coefficient (Wildman–Crippen LogP) is 4.59. The van der Waals surface area contributed by atoms with Gasteiger partial charge in [0.15, 0.2) is 0 Å². The molecule has 0 aliphatic heterocycles. The Morgan fingerprint density at radius 3 is 2.80 bits per heavy atom. The first-order valence-electron chi connectivity index (χ1n) is 5.61. The second-order valence-corrected chi connectivity index (χ2v) is 5.33. The Labute approximate surface area is 98.0 Å². The molecule has 0 bridgehead atoms. The molecule has 0 radical (unpaired) electrons. The average Bonchev–Trinajstić information content (AvgIpc) is 2.83. The molecule has 3 rings (SSSR count). The Kier molecular flexibility index (Phi) is 2.32. The van der Waals surface area contributed by atoms with Gasteiger partial charge in [-0.1, -0.05) is 28.8 Å². The maximum atomic E-state index is 3.55. The maximum Gasteiger partial charge on any atom is 0.0457 e. The number of nitrogens with one attached hydrogen (secondary N) is 1. The number of halogens is 1. The van der Waals surface area contributed by atoms with Gasteiger partial charge < -0.3 is 4.98 Å². The molecular weight excluding hydrogens is 250 g/mol. The minimum atomic E-state index is 0.785. The number of rotatable bonds is 1. The van der Waals surface area contributed by atoms with Gasteiger partial charge in [0.2, 0.25) is 0 Å². The van der Waals surface area contributed by atoms with E-state index in [9.17, 15) is 0 Å². The molecule has 0 amide bonds. The second kappa shape index (κ2) is 3.67. The topological polar surface area (TPSA) is 15.8 Å². The average molecular weight is 264 g/mol. The number of hydrogen-bond donors (Lipinski definition) is 1. The number of aromatic nitrogens is 1. The third-order valence-corrected chi connectivity index (χ3v) is 3.96. The maximum absolute atomic E-state index is 3.55. The van der Waals surface area contributed by atoms with E-state index in [4.69, 9.17) is 0 Å². The Bertz CT molecular complexity index is 480. The van der Waals surface area contributed by atoms with Crippen molar-refractivity contribution < 1.29 is 0 Å². The quantitative estimate of drug-likeness (QED) is 0.775. The lowest BCUT2D eigenvalue weighted by molar-refractivity contribution is 0.729. The number of hydrogen-bond acceptors (Lipinski definition) is 0. The van der Waals surface area contributed by atoms with E-state index in [1.807, 2.05) is 0 Å². The van der Waals surface area contributed by atoms with Gasteiger partial charge in [-0.2, -0.15) is 0 Å². The van der Waals surface area contributed by atoms with Gasteiger partial charge in [-0.3, -0.25) is 0 Å². The van der Waals surface area contributed by atoms with Gasteiger partial charge in [0, 0.05) is 21.6 Å². The highest BCUT2D eigenvalue weighted by molar-refractivity contribution is 9.10. The fourth-order valence-corrected chi connectivity index (χ4v) is 3.05. The first kappa shape index (κ1) is 9.46. The Hall–Kier alpha value is -0.760. The molecule has 1 aliphatic rings. The van der Waals surface area contributed by atoms with Crippen molar-refractivity contribution in [2.45, 2.75) is 31.6 Å². The summed E-state index contributed by atoms with van der Waals surface area (Å²) in [7, 11) is 0. The molecule has 1 saturated carbocycles. The van der Waals surface area contributed by atoms with Gasteiger partial charge >= 0.3 is 0 Å². The van der Waals surface area contributed by atoms with Gasteiger partial charge in [0.1, 0.15) is 0 Å². The van der Waals surface area contributed by atoms with E-state index in [0.29, 0.717) is 0 Å². The number of fused-ring (bicyclic) bond motifs is 1. The molecule has 2 aromatic rings. The lowest BCUT2D eigenvalue weighted by Crippen LogP contribution is -1.89. The number of aromatic amines is 1. The summed E-state index contributed by atoms with van der Waals surface area (Å²) in [6, 6.07) is 6.48. The Balaban J connectivity index is 2.13. The highest BCUT2D eigenvalue weighted by Crippen LogP contribution is 2.38. The summed E-state index contributed by atoms with van der Waals surface area (Å²) in [6.45, 7) is 0. The smallest absolute Gasteiger partial charge is 0.0457 e. The van der Waals surface area contributed by atoms with Crippen LogP contribution in [-0.4, -0.2) is 4.98 Å². The molecule has 1 N–H and O–H groups in total. The zero-order valence-corrected chi connectivity index (χ0v) is 10.2. The molecule has 1 nitrogen and oxygen atoms in total. The van der Waals surface area contributed by atoms with Crippen molar-refractivity contribution in [3.05, 3.63) is 34.4 Å². The standard InChI is InChI=1S/C13H14BrN/c14-10-5-6-13-11(7-10)12(8-15-13)9-3-1-2-4-9/h5-9,15H,1-4H2. The minimum absolute atomic E-state index is 0.785. The Morgan fingerprint density at radius 1 is 1.20 bits per heavy atom. The predicted molar refractivity (Wildman–Crippen MR) is 67.2 cm³/mol. The highest BCUT2D eigenvalue weighted by atomic mass is 79.9. The molecule has 78 valence electrons. The van der Waals surface area contributed by atoms with Crippen LogP contribution in [-0.2, 0) is 0 Å². The monoisotopic (exact) mass is 263 g/mol. The zero-order valence-electron chi connectivity index (χ0n) is 8.59. The molecule has 0 atom stereocenters. The van der Waals surface area contributed by atoms with Crippen molar-refractivity contribution in [1.29, 1.82) is 0 Å². The van der Waals surface area contributed by atoms with Crippen molar-refractivity contribution in [3.63, 3.8) is 0 Å². The van der Waals surface area contributed by atoms with Crippen molar-refractivity contribution in [2.24, 2.45) is 0 Å². The summed E-state index contributed by atoms with van der Waals surface area (Å²) in [4.78, 5) is 3.37. The van der Waals surface area contributed by atoms with Crippen LogP contribution < -0.4 is 0 Å². The Morgan fingerprint density at radius 2 is 2.00 bits per heavy atom. The molecule has 1 heterocycles. The molecule has 15 heavy (non-hydrogen) atoms. The molecule has 0 unspecified atom stereocenters. The van der Waals surface area contributed by atoms with Crippen LogP contribution in [0.2, 0.25) is 0 Å². The molecule has 2 heteroatoms. The largest absolute Gasteiger partial charge is 0.361 e. The van der Waals surface area contributed by atoms with Crippen LogP contribution in [0.25, 0.3) is 10.9 Å². The van der Waals surface area contributed by atoms with E-state index in [2.05, 4.69) is 45.3 Å². The van der Waals surface area contributed by atoms with Crippen LogP contribution >= 0.6 is 15.9 Å². The van der Waals surface area contributed by atoms with Crippen molar-refractivity contribution in [3.8, 4) is 0 Å². The van der Waals surface area contributed by atoms with E-state index in [1.165, 1.54) is 46.6 Å². The molecule has 0 spiro atoms.